The zero-order valence-corrected chi connectivity index (χ0v) is 13.4. The van der Waals surface area contributed by atoms with Crippen LogP contribution in [0.1, 0.15) is 49.3 Å². The molecular weight excluding hydrogens is 262 g/mol. The molecule has 0 radical (unpaired) electrons. The van der Waals surface area contributed by atoms with Crippen molar-refractivity contribution in [3.63, 3.8) is 0 Å². The minimum Gasteiger partial charge on any atom is -0.388 e. The van der Waals surface area contributed by atoms with E-state index in [1.54, 1.807) is 0 Å². The minimum absolute atomic E-state index is 0.00898. The molecule has 1 amide bonds. The van der Waals surface area contributed by atoms with Crippen LogP contribution in [0.2, 0.25) is 0 Å². The Morgan fingerprint density at radius 1 is 1.29 bits per heavy atom. The number of aryl methyl sites for hydroxylation is 2. The van der Waals surface area contributed by atoms with Gasteiger partial charge in [-0.05, 0) is 62.1 Å². The van der Waals surface area contributed by atoms with Crippen molar-refractivity contribution in [2.24, 2.45) is 5.92 Å². The Morgan fingerprint density at radius 3 is 2.57 bits per heavy atom. The molecule has 1 saturated carbocycles. The first-order chi connectivity index (χ1) is 9.88. The van der Waals surface area contributed by atoms with Gasteiger partial charge in [0.1, 0.15) is 0 Å². The molecule has 116 valence electrons. The van der Waals surface area contributed by atoms with Crippen LogP contribution in [0.15, 0.2) is 18.2 Å². The molecule has 21 heavy (non-hydrogen) atoms. The number of hydrogen-bond donors (Lipinski definition) is 2. The molecule has 3 heteroatoms. The summed E-state index contributed by atoms with van der Waals surface area (Å²) in [5.41, 5.74) is 2.77. The molecule has 1 aliphatic rings. The fraction of sp³-hybridized carbons (Fsp3) is 0.611. The topological polar surface area (TPSA) is 49.3 Å². The van der Waals surface area contributed by atoms with E-state index in [0.29, 0.717) is 18.9 Å². The highest BCUT2D eigenvalue weighted by Crippen LogP contribution is 2.31. The molecule has 0 heterocycles. The number of amides is 1. The lowest BCUT2D eigenvalue weighted by Gasteiger charge is -2.34. The zero-order valence-electron chi connectivity index (χ0n) is 13.4. The van der Waals surface area contributed by atoms with Gasteiger partial charge in [-0.1, -0.05) is 25.1 Å². The van der Waals surface area contributed by atoms with Crippen molar-refractivity contribution < 1.29 is 9.90 Å². The van der Waals surface area contributed by atoms with Crippen molar-refractivity contribution >= 4 is 5.91 Å². The van der Waals surface area contributed by atoms with E-state index in [2.05, 4.69) is 32.2 Å². The molecule has 2 N–H and O–H groups in total. The van der Waals surface area contributed by atoms with Gasteiger partial charge < -0.3 is 10.4 Å². The van der Waals surface area contributed by atoms with Crippen LogP contribution in [-0.4, -0.2) is 23.2 Å². The summed E-state index contributed by atoms with van der Waals surface area (Å²) in [7, 11) is 0. The van der Waals surface area contributed by atoms with Crippen molar-refractivity contribution in [2.45, 2.75) is 58.5 Å². The molecule has 1 fully saturated rings. The Kier molecular flexibility index (Phi) is 5.04. The largest absolute Gasteiger partial charge is 0.388 e. The lowest BCUT2D eigenvalue weighted by molar-refractivity contribution is -0.122. The number of hydrogen-bond acceptors (Lipinski definition) is 2. The van der Waals surface area contributed by atoms with Gasteiger partial charge in [-0.15, -0.1) is 0 Å². The van der Waals surface area contributed by atoms with Crippen LogP contribution < -0.4 is 5.32 Å². The average Bonchev–Trinajstić information content (AvgIpc) is 2.45. The Hall–Kier alpha value is -1.35. The van der Waals surface area contributed by atoms with E-state index in [0.717, 1.165) is 31.2 Å². The quantitative estimate of drug-likeness (QED) is 0.895. The summed E-state index contributed by atoms with van der Waals surface area (Å²) in [5.74, 6) is 0.682. The average molecular weight is 289 g/mol. The monoisotopic (exact) mass is 289 g/mol. The Balaban J connectivity index is 1.83. The molecule has 0 aromatic heterocycles. The molecule has 1 aromatic rings. The molecule has 3 nitrogen and oxygen atoms in total. The number of aliphatic hydroxyl groups is 1. The summed E-state index contributed by atoms with van der Waals surface area (Å²) in [4.78, 5) is 12.0. The second-order valence-corrected chi connectivity index (χ2v) is 6.78. The van der Waals surface area contributed by atoms with Crippen LogP contribution in [0.4, 0.5) is 0 Å². The second kappa shape index (κ2) is 6.61. The van der Waals surface area contributed by atoms with Crippen molar-refractivity contribution in [3.8, 4) is 0 Å². The van der Waals surface area contributed by atoms with E-state index in [4.69, 9.17) is 0 Å². The van der Waals surface area contributed by atoms with Crippen LogP contribution in [0.25, 0.3) is 0 Å². The van der Waals surface area contributed by atoms with Crippen LogP contribution >= 0.6 is 0 Å². The van der Waals surface area contributed by atoms with E-state index in [-0.39, 0.29) is 5.91 Å². The smallest absolute Gasteiger partial charge is 0.224 e. The summed E-state index contributed by atoms with van der Waals surface area (Å²) < 4.78 is 0. The predicted octanol–water partition coefficient (Wildman–Crippen LogP) is 2.90. The third-order valence-electron chi connectivity index (χ3n) is 4.76. The molecule has 1 aliphatic carbocycles. The van der Waals surface area contributed by atoms with E-state index in [9.17, 15) is 9.90 Å². The summed E-state index contributed by atoms with van der Waals surface area (Å²) in [5, 5.41) is 13.4. The van der Waals surface area contributed by atoms with Crippen LogP contribution in [0, 0.1) is 19.8 Å². The van der Waals surface area contributed by atoms with Crippen molar-refractivity contribution in [3.05, 3.63) is 34.9 Å². The number of rotatable bonds is 4. The van der Waals surface area contributed by atoms with Crippen molar-refractivity contribution in [1.82, 2.24) is 5.32 Å². The molecule has 0 unspecified atom stereocenters. The van der Waals surface area contributed by atoms with Gasteiger partial charge in [0.25, 0.3) is 0 Å². The van der Waals surface area contributed by atoms with Crippen LogP contribution in [-0.2, 0) is 11.2 Å². The molecule has 0 bridgehead atoms. The number of carbonyl (C=O) groups is 1. The molecule has 1 aromatic carbocycles. The highest BCUT2D eigenvalue weighted by atomic mass is 16.3. The fourth-order valence-corrected chi connectivity index (χ4v) is 2.90. The predicted molar refractivity (Wildman–Crippen MR) is 85.2 cm³/mol. The molecule has 2 rings (SSSR count). The minimum atomic E-state index is -0.703. The molecule has 0 atom stereocenters. The molecule has 0 aliphatic heterocycles. The molecule has 0 spiro atoms. The van der Waals surface area contributed by atoms with Gasteiger partial charge in [-0.2, -0.15) is 0 Å². The Labute approximate surface area is 127 Å². The van der Waals surface area contributed by atoms with Gasteiger partial charge in [0, 0.05) is 6.54 Å². The standard InChI is InChI=1S/C18H27NO2/c1-13-6-8-18(21,9-7-13)12-19-17(20)11-16-5-4-14(2)15(3)10-16/h4-5,10,13,21H,6-9,11-12H2,1-3H3,(H,19,20). The lowest BCUT2D eigenvalue weighted by Crippen LogP contribution is -2.45. The summed E-state index contributed by atoms with van der Waals surface area (Å²) >= 11 is 0. The summed E-state index contributed by atoms with van der Waals surface area (Å²) in [6.07, 6.45) is 4.05. The Bertz CT molecular complexity index is 502. The summed E-state index contributed by atoms with van der Waals surface area (Å²) in [6.45, 7) is 6.72. The normalized spacial score (nSPS) is 25.6. The van der Waals surface area contributed by atoms with Gasteiger partial charge in [0.2, 0.25) is 5.91 Å². The highest BCUT2D eigenvalue weighted by molar-refractivity contribution is 5.78. The zero-order chi connectivity index (χ0) is 15.5. The first-order valence-electron chi connectivity index (χ1n) is 7.93. The number of benzene rings is 1. The second-order valence-electron chi connectivity index (χ2n) is 6.78. The third-order valence-corrected chi connectivity index (χ3v) is 4.76. The van der Waals surface area contributed by atoms with Gasteiger partial charge in [0.05, 0.1) is 12.0 Å². The summed E-state index contributed by atoms with van der Waals surface area (Å²) in [6, 6.07) is 6.11. The third kappa shape index (κ3) is 4.57. The van der Waals surface area contributed by atoms with E-state index in [1.165, 1.54) is 11.1 Å². The van der Waals surface area contributed by atoms with Crippen molar-refractivity contribution in [2.75, 3.05) is 6.54 Å². The first-order valence-corrected chi connectivity index (χ1v) is 7.93. The maximum absolute atomic E-state index is 12.0. The SMILES string of the molecule is Cc1ccc(CC(=O)NCC2(O)CCC(C)CC2)cc1C. The van der Waals surface area contributed by atoms with E-state index >= 15 is 0 Å². The van der Waals surface area contributed by atoms with Crippen LogP contribution in [0.3, 0.4) is 0 Å². The van der Waals surface area contributed by atoms with Gasteiger partial charge in [0.15, 0.2) is 0 Å². The number of nitrogens with one attached hydrogen (secondary N) is 1. The van der Waals surface area contributed by atoms with Gasteiger partial charge in [-0.3, -0.25) is 4.79 Å². The molecule has 0 saturated heterocycles. The van der Waals surface area contributed by atoms with Crippen molar-refractivity contribution in [1.29, 1.82) is 0 Å². The fourth-order valence-electron chi connectivity index (χ4n) is 2.90. The maximum atomic E-state index is 12.0. The maximum Gasteiger partial charge on any atom is 0.224 e. The lowest BCUT2D eigenvalue weighted by atomic mass is 9.79. The van der Waals surface area contributed by atoms with Gasteiger partial charge in [-0.25, -0.2) is 0 Å². The van der Waals surface area contributed by atoms with Crippen LogP contribution in [0.5, 0.6) is 0 Å². The number of carbonyl (C=O) groups excluding carboxylic acids is 1. The highest BCUT2D eigenvalue weighted by Gasteiger charge is 2.31. The Morgan fingerprint density at radius 2 is 1.95 bits per heavy atom. The molecular formula is C18H27NO2. The first kappa shape index (κ1) is 16.0. The van der Waals surface area contributed by atoms with E-state index in [1.807, 2.05) is 12.1 Å². The van der Waals surface area contributed by atoms with Gasteiger partial charge >= 0.3 is 0 Å². The van der Waals surface area contributed by atoms with E-state index < -0.39 is 5.60 Å².